The first-order chi connectivity index (χ1) is 9.86. The molecule has 0 spiro atoms. The molecule has 112 valence electrons. The summed E-state index contributed by atoms with van der Waals surface area (Å²) < 4.78 is 0. The van der Waals surface area contributed by atoms with Crippen LogP contribution in [0.2, 0.25) is 5.02 Å². The Bertz CT molecular complexity index is 546. The Labute approximate surface area is 129 Å². The van der Waals surface area contributed by atoms with E-state index in [1.807, 2.05) is 13.8 Å². The second-order valence-electron chi connectivity index (χ2n) is 5.07. The average molecular weight is 308 g/mol. The van der Waals surface area contributed by atoms with Crippen molar-refractivity contribution in [1.82, 2.24) is 4.90 Å². The highest BCUT2D eigenvalue weighted by molar-refractivity contribution is 6.30. The maximum Gasteiger partial charge on any atom is 0.323 e. The zero-order chi connectivity index (χ0) is 16.0. The molecule has 0 radical (unpaired) electrons. The molecule has 5 heteroatoms. The lowest BCUT2D eigenvalue weighted by atomic mass is 9.87. The molecule has 0 aliphatic heterocycles. The summed E-state index contributed by atoms with van der Waals surface area (Å²) in [6.45, 7) is 3.39. The molecule has 0 fully saturated rings. The minimum absolute atomic E-state index is 0.00717. The third-order valence-electron chi connectivity index (χ3n) is 3.08. The summed E-state index contributed by atoms with van der Waals surface area (Å²) in [6.07, 6.45) is 5.22. The van der Waals surface area contributed by atoms with Crippen LogP contribution in [0.5, 0.6) is 0 Å². The highest BCUT2D eigenvalue weighted by Gasteiger charge is 2.29. The van der Waals surface area contributed by atoms with E-state index in [-0.39, 0.29) is 18.4 Å². The van der Waals surface area contributed by atoms with Gasteiger partial charge in [-0.05, 0) is 23.6 Å². The van der Waals surface area contributed by atoms with Crippen LogP contribution >= 0.6 is 11.6 Å². The van der Waals surface area contributed by atoms with E-state index in [0.717, 1.165) is 5.56 Å². The first-order valence-corrected chi connectivity index (χ1v) is 6.94. The molecule has 0 aromatic heterocycles. The molecule has 0 heterocycles. The van der Waals surface area contributed by atoms with E-state index >= 15 is 0 Å². The predicted molar refractivity (Wildman–Crippen MR) is 82.1 cm³/mol. The fourth-order valence-electron chi connectivity index (χ4n) is 2.16. The molecule has 1 N–H and O–H groups in total. The first kappa shape index (κ1) is 17.1. The molecule has 1 amide bonds. The van der Waals surface area contributed by atoms with E-state index in [4.69, 9.17) is 23.1 Å². The lowest BCUT2D eigenvalue weighted by molar-refractivity contribution is -0.145. The van der Waals surface area contributed by atoms with Crippen LogP contribution in [0.25, 0.3) is 0 Å². The highest BCUT2D eigenvalue weighted by atomic mass is 35.5. The molecule has 0 bridgehead atoms. The molecule has 4 nitrogen and oxygen atoms in total. The number of amides is 1. The van der Waals surface area contributed by atoms with E-state index in [0.29, 0.717) is 5.02 Å². The van der Waals surface area contributed by atoms with Crippen molar-refractivity contribution in [3.63, 3.8) is 0 Å². The Balaban J connectivity index is 3.08. The summed E-state index contributed by atoms with van der Waals surface area (Å²) in [5.74, 6) is 0.517. The van der Waals surface area contributed by atoms with Crippen molar-refractivity contribution in [3.05, 3.63) is 34.9 Å². The van der Waals surface area contributed by atoms with Gasteiger partial charge in [-0.2, -0.15) is 0 Å². The number of nitrogens with zero attached hydrogens (tertiary/aromatic N) is 1. The molecular formula is C16H18ClNO3. The third kappa shape index (κ3) is 4.80. The Morgan fingerprint density at radius 3 is 2.33 bits per heavy atom. The molecule has 1 aromatic carbocycles. The molecule has 0 aliphatic rings. The van der Waals surface area contributed by atoms with Gasteiger partial charge in [0, 0.05) is 5.02 Å². The van der Waals surface area contributed by atoms with E-state index < -0.39 is 18.4 Å². The number of terminal acetylenes is 1. The Kier molecular flexibility index (Phi) is 6.26. The standard InChI is InChI=1S/C16H18ClNO3/c1-4-9-18(10-14(19)20)16(21)15(11(2)3)12-5-7-13(17)8-6-12/h1,5-8,11,15H,9-10H2,2-3H3,(H,19,20). The van der Waals surface area contributed by atoms with Crippen LogP contribution in [-0.4, -0.2) is 35.0 Å². The molecule has 0 saturated heterocycles. The van der Waals surface area contributed by atoms with Crippen LogP contribution in [0.15, 0.2) is 24.3 Å². The Hall–Kier alpha value is -1.99. The van der Waals surface area contributed by atoms with E-state index in [1.165, 1.54) is 4.90 Å². The molecule has 0 saturated carbocycles. The van der Waals surface area contributed by atoms with Crippen molar-refractivity contribution >= 4 is 23.5 Å². The fraction of sp³-hybridized carbons (Fsp3) is 0.375. The van der Waals surface area contributed by atoms with Crippen molar-refractivity contribution < 1.29 is 14.7 Å². The number of carboxylic acids is 1. The maximum absolute atomic E-state index is 12.6. The van der Waals surface area contributed by atoms with Crippen molar-refractivity contribution in [2.24, 2.45) is 5.92 Å². The lowest BCUT2D eigenvalue weighted by Crippen LogP contribution is -2.40. The number of carbonyl (C=O) groups excluding carboxylic acids is 1. The number of aliphatic carboxylic acids is 1. The normalized spacial score (nSPS) is 11.8. The summed E-state index contributed by atoms with van der Waals surface area (Å²) in [7, 11) is 0. The van der Waals surface area contributed by atoms with Crippen LogP contribution < -0.4 is 0 Å². The van der Waals surface area contributed by atoms with Gasteiger partial charge < -0.3 is 10.0 Å². The number of hydrogen-bond acceptors (Lipinski definition) is 2. The van der Waals surface area contributed by atoms with Crippen LogP contribution in [0.3, 0.4) is 0 Å². The minimum Gasteiger partial charge on any atom is -0.480 e. The Morgan fingerprint density at radius 2 is 1.90 bits per heavy atom. The van der Waals surface area contributed by atoms with E-state index in [2.05, 4.69) is 5.92 Å². The third-order valence-corrected chi connectivity index (χ3v) is 3.33. The summed E-state index contributed by atoms with van der Waals surface area (Å²) in [5, 5.41) is 9.49. The van der Waals surface area contributed by atoms with Crippen molar-refractivity contribution in [3.8, 4) is 12.3 Å². The number of rotatable bonds is 6. The molecular weight excluding hydrogens is 290 g/mol. The lowest BCUT2D eigenvalue weighted by Gasteiger charge is -2.27. The van der Waals surface area contributed by atoms with Crippen molar-refractivity contribution in [2.75, 3.05) is 13.1 Å². The van der Waals surface area contributed by atoms with Crippen molar-refractivity contribution in [1.29, 1.82) is 0 Å². The van der Waals surface area contributed by atoms with Gasteiger partial charge in [0.2, 0.25) is 5.91 Å². The topological polar surface area (TPSA) is 57.6 Å². The Morgan fingerprint density at radius 1 is 1.33 bits per heavy atom. The van der Waals surface area contributed by atoms with Gasteiger partial charge in [-0.1, -0.05) is 43.5 Å². The quantitative estimate of drug-likeness (QED) is 0.822. The van der Waals surface area contributed by atoms with Gasteiger partial charge in [0.1, 0.15) is 6.54 Å². The maximum atomic E-state index is 12.6. The monoisotopic (exact) mass is 307 g/mol. The van der Waals surface area contributed by atoms with Crippen LogP contribution in [0.1, 0.15) is 25.3 Å². The van der Waals surface area contributed by atoms with Crippen LogP contribution in [-0.2, 0) is 9.59 Å². The second-order valence-corrected chi connectivity index (χ2v) is 5.50. The number of carbonyl (C=O) groups is 2. The van der Waals surface area contributed by atoms with Gasteiger partial charge in [0.25, 0.3) is 0 Å². The summed E-state index contributed by atoms with van der Waals surface area (Å²) in [4.78, 5) is 24.7. The largest absolute Gasteiger partial charge is 0.480 e. The van der Waals surface area contributed by atoms with E-state index in [9.17, 15) is 9.59 Å². The van der Waals surface area contributed by atoms with Gasteiger partial charge >= 0.3 is 5.97 Å². The molecule has 1 aromatic rings. The van der Waals surface area contributed by atoms with Crippen molar-refractivity contribution in [2.45, 2.75) is 19.8 Å². The van der Waals surface area contributed by atoms with Gasteiger partial charge in [-0.3, -0.25) is 9.59 Å². The van der Waals surface area contributed by atoms with E-state index in [1.54, 1.807) is 24.3 Å². The van der Waals surface area contributed by atoms with Crippen LogP contribution in [0.4, 0.5) is 0 Å². The number of carboxylic acid groups (broad SMARTS) is 1. The molecule has 1 unspecified atom stereocenters. The smallest absolute Gasteiger partial charge is 0.323 e. The SMILES string of the molecule is C#CCN(CC(=O)O)C(=O)C(c1ccc(Cl)cc1)C(C)C. The summed E-state index contributed by atoms with van der Waals surface area (Å²) in [6, 6.07) is 6.98. The molecule has 1 atom stereocenters. The molecule has 1 rings (SSSR count). The molecule has 0 aliphatic carbocycles. The predicted octanol–water partition coefficient (Wildman–Crippen LogP) is 2.63. The minimum atomic E-state index is -1.09. The second kappa shape index (κ2) is 7.70. The van der Waals surface area contributed by atoms with Gasteiger partial charge in [-0.15, -0.1) is 6.42 Å². The zero-order valence-corrected chi connectivity index (χ0v) is 12.8. The first-order valence-electron chi connectivity index (χ1n) is 6.56. The number of benzene rings is 1. The zero-order valence-electron chi connectivity index (χ0n) is 12.0. The van der Waals surface area contributed by atoms with Gasteiger partial charge in [0.15, 0.2) is 0 Å². The average Bonchev–Trinajstić information content (AvgIpc) is 2.39. The van der Waals surface area contributed by atoms with Gasteiger partial charge in [-0.25, -0.2) is 0 Å². The molecule has 21 heavy (non-hydrogen) atoms. The number of hydrogen-bond donors (Lipinski definition) is 1. The number of halogens is 1. The summed E-state index contributed by atoms with van der Waals surface area (Å²) in [5.41, 5.74) is 0.798. The fourth-order valence-corrected chi connectivity index (χ4v) is 2.29. The highest BCUT2D eigenvalue weighted by Crippen LogP contribution is 2.27. The van der Waals surface area contributed by atoms with Crippen LogP contribution in [0, 0.1) is 18.3 Å². The van der Waals surface area contributed by atoms with Gasteiger partial charge in [0.05, 0.1) is 12.5 Å². The summed E-state index contributed by atoms with van der Waals surface area (Å²) >= 11 is 5.86.